The lowest BCUT2D eigenvalue weighted by Gasteiger charge is -2.21. The minimum atomic E-state index is -4.93. The highest BCUT2D eigenvalue weighted by Crippen LogP contribution is 2.45. The molecule has 0 heterocycles. The first kappa shape index (κ1) is 75.1. The standard InChI is InChI=1S/C58H112O17P2/c1-6-9-12-15-17-22-27-32-37-42-56(61)69-48-54(75-58(63)44-39-34-29-25-21-19-20-24-26-31-35-40-51(4)5)50-73-77(66,67)71-46-52(59)45-70-76(64,65)72-49-53(47-68-55(60)41-36-30-14-11-8-3)74-57(62)43-38-33-28-23-18-16-13-10-7-2/h51-54,59H,6-50H2,1-5H3,(H,64,65)(H,66,67)/t52-,53+,54+/m0/s1. The first-order valence-electron chi connectivity index (χ1n) is 30.6. The molecular formula is C58H112O17P2. The van der Waals surface area contributed by atoms with Gasteiger partial charge in [-0.2, -0.15) is 0 Å². The van der Waals surface area contributed by atoms with Crippen molar-refractivity contribution in [3.63, 3.8) is 0 Å². The van der Waals surface area contributed by atoms with Gasteiger partial charge in [-0.05, 0) is 31.6 Å². The van der Waals surface area contributed by atoms with Gasteiger partial charge in [-0.1, -0.05) is 234 Å². The van der Waals surface area contributed by atoms with Crippen molar-refractivity contribution in [1.29, 1.82) is 0 Å². The monoisotopic (exact) mass is 1140 g/mol. The van der Waals surface area contributed by atoms with E-state index in [9.17, 15) is 43.2 Å². The molecule has 456 valence electrons. The van der Waals surface area contributed by atoms with Crippen LogP contribution in [0.25, 0.3) is 0 Å². The fourth-order valence-corrected chi connectivity index (χ4v) is 10.1. The smallest absolute Gasteiger partial charge is 0.462 e. The maximum Gasteiger partial charge on any atom is 0.472 e. The van der Waals surface area contributed by atoms with Crippen molar-refractivity contribution in [2.75, 3.05) is 39.6 Å². The van der Waals surface area contributed by atoms with Gasteiger partial charge in [-0.3, -0.25) is 37.3 Å². The Morgan fingerprint density at radius 1 is 0.351 bits per heavy atom. The number of ether oxygens (including phenoxy) is 4. The second-order valence-corrected chi connectivity index (χ2v) is 24.4. The van der Waals surface area contributed by atoms with Crippen molar-refractivity contribution in [3.05, 3.63) is 0 Å². The lowest BCUT2D eigenvalue weighted by atomic mass is 10.0. The van der Waals surface area contributed by atoms with Gasteiger partial charge in [0.2, 0.25) is 0 Å². The predicted octanol–water partition coefficient (Wildman–Crippen LogP) is 15.5. The van der Waals surface area contributed by atoms with E-state index in [0.29, 0.717) is 25.7 Å². The average Bonchev–Trinajstić information content (AvgIpc) is 3.39. The van der Waals surface area contributed by atoms with Crippen LogP contribution in [0.2, 0.25) is 0 Å². The molecule has 19 heteroatoms. The van der Waals surface area contributed by atoms with Gasteiger partial charge in [0.1, 0.15) is 19.3 Å². The zero-order chi connectivity index (χ0) is 57.1. The summed E-state index contributed by atoms with van der Waals surface area (Å²) in [6, 6.07) is 0. The van der Waals surface area contributed by atoms with Gasteiger partial charge in [0.25, 0.3) is 0 Å². The third-order valence-electron chi connectivity index (χ3n) is 13.3. The number of unbranched alkanes of at least 4 members (excludes halogenated alkanes) is 30. The third-order valence-corrected chi connectivity index (χ3v) is 15.2. The molecule has 0 aromatic rings. The van der Waals surface area contributed by atoms with Gasteiger partial charge in [0, 0.05) is 25.7 Å². The Morgan fingerprint density at radius 2 is 0.597 bits per heavy atom. The Labute approximate surface area is 467 Å². The van der Waals surface area contributed by atoms with Gasteiger partial charge in [0.15, 0.2) is 12.2 Å². The van der Waals surface area contributed by atoms with Crippen LogP contribution < -0.4 is 0 Å². The number of rotatable bonds is 58. The van der Waals surface area contributed by atoms with Crippen LogP contribution in [0.1, 0.15) is 285 Å². The zero-order valence-electron chi connectivity index (χ0n) is 49.1. The normalized spacial score (nSPS) is 14.4. The number of carbonyl (C=O) groups is 4. The minimum absolute atomic E-state index is 0.105. The molecule has 0 aromatic heterocycles. The highest BCUT2D eigenvalue weighted by atomic mass is 31.2. The van der Waals surface area contributed by atoms with Crippen LogP contribution in [-0.2, 0) is 65.4 Å². The van der Waals surface area contributed by atoms with Crippen LogP contribution in [0.3, 0.4) is 0 Å². The van der Waals surface area contributed by atoms with Gasteiger partial charge in [-0.25, -0.2) is 9.13 Å². The number of phosphoric ester groups is 2. The third kappa shape index (κ3) is 53.2. The average molecular weight is 1140 g/mol. The molecule has 0 aliphatic heterocycles. The number of phosphoric acid groups is 2. The molecule has 2 unspecified atom stereocenters. The summed E-state index contributed by atoms with van der Waals surface area (Å²) in [6.45, 7) is 7.03. The molecule has 5 atom stereocenters. The maximum atomic E-state index is 12.9. The van der Waals surface area contributed by atoms with E-state index in [0.717, 1.165) is 102 Å². The molecule has 0 aliphatic carbocycles. The molecule has 0 bridgehead atoms. The van der Waals surface area contributed by atoms with Crippen LogP contribution in [-0.4, -0.2) is 96.7 Å². The van der Waals surface area contributed by atoms with E-state index in [1.54, 1.807) is 0 Å². The van der Waals surface area contributed by atoms with Crippen LogP contribution in [0, 0.1) is 5.92 Å². The van der Waals surface area contributed by atoms with Gasteiger partial charge in [0.05, 0.1) is 26.4 Å². The summed E-state index contributed by atoms with van der Waals surface area (Å²) in [4.78, 5) is 71.6. The van der Waals surface area contributed by atoms with Crippen LogP contribution in [0.5, 0.6) is 0 Å². The summed E-state index contributed by atoms with van der Waals surface area (Å²) in [7, 11) is -9.86. The number of hydrogen-bond acceptors (Lipinski definition) is 15. The fourth-order valence-electron chi connectivity index (χ4n) is 8.52. The molecule has 0 spiro atoms. The van der Waals surface area contributed by atoms with Crippen molar-refractivity contribution in [2.45, 2.75) is 303 Å². The van der Waals surface area contributed by atoms with Crippen LogP contribution in [0.15, 0.2) is 0 Å². The summed E-state index contributed by atoms with van der Waals surface area (Å²) >= 11 is 0. The number of aliphatic hydroxyl groups excluding tert-OH is 1. The summed E-state index contributed by atoms with van der Waals surface area (Å²) in [5, 5.41) is 10.5. The Bertz CT molecular complexity index is 1520. The largest absolute Gasteiger partial charge is 0.472 e. The van der Waals surface area contributed by atoms with Crippen molar-refractivity contribution < 1.29 is 80.2 Å². The minimum Gasteiger partial charge on any atom is -0.462 e. The van der Waals surface area contributed by atoms with Crippen LogP contribution >= 0.6 is 15.6 Å². The molecular weight excluding hydrogens is 1030 g/mol. The lowest BCUT2D eigenvalue weighted by molar-refractivity contribution is -0.161. The van der Waals surface area contributed by atoms with E-state index in [1.165, 1.54) is 103 Å². The molecule has 0 aliphatic rings. The van der Waals surface area contributed by atoms with E-state index in [1.807, 2.05) is 0 Å². The topological polar surface area (TPSA) is 237 Å². The SMILES string of the molecule is CCCCCCCCCCCC(=O)OC[C@H](COP(=O)(O)OC[C@@H](O)COP(=O)(O)OC[C@@H](COC(=O)CCCCCCC)OC(=O)CCCCCCCCCCC)OC(=O)CCCCCCCCCCCCCC(C)C. The maximum absolute atomic E-state index is 12.9. The van der Waals surface area contributed by atoms with Gasteiger partial charge < -0.3 is 33.8 Å². The Kier molecular flexibility index (Phi) is 50.8. The van der Waals surface area contributed by atoms with Crippen LogP contribution in [0.4, 0.5) is 0 Å². The van der Waals surface area contributed by atoms with E-state index >= 15 is 0 Å². The molecule has 0 aromatic carbocycles. The van der Waals surface area contributed by atoms with Crippen molar-refractivity contribution in [1.82, 2.24) is 0 Å². The summed E-state index contributed by atoms with van der Waals surface area (Å²) < 4.78 is 67.5. The molecule has 0 saturated heterocycles. The van der Waals surface area contributed by atoms with Crippen molar-refractivity contribution in [2.24, 2.45) is 5.92 Å². The summed E-state index contributed by atoms with van der Waals surface area (Å²) in [5.41, 5.74) is 0. The number of carbonyl (C=O) groups excluding carboxylic acids is 4. The van der Waals surface area contributed by atoms with E-state index < -0.39 is 97.5 Å². The molecule has 0 rings (SSSR count). The van der Waals surface area contributed by atoms with Crippen molar-refractivity contribution in [3.8, 4) is 0 Å². The van der Waals surface area contributed by atoms with E-state index in [-0.39, 0.29) is 25.7 Å². The van der Waals surface area contributed by atoms with Gasteiger partial charge >= 0.3 is 39.5 Å². The van der Waals surface area contributed by atoms with E-state index in [2.05, 4.69) is 34.6 Å². The Balaban J connectivity index is 5.16. The zero-order valence-corrected chi connectivity index (χ0v) is 50.9. The molecule has 0 fully saturated rings. The molecule has 0 amide bonds. The highest BCUT2D eigenvalue weighted by Gasteiger charge is 2.30. The summed E-state index contributed by atoms with van der Waals surface area (Å²) in [5.74, 6) is -1.39. The highest BCUT2D eigenvalue weighted by molar-refractivity contribution is 7.47. The quantitative estimate of drug-likeness (QED) is 0.0222. The molecule has 17 nitrogen and oxygen atoms in total. The Hall–Kier alpha value is -1.94. The van der Waals surface area contributed by atoms with Crippen molar-refractivity contribution >= 4 is 39.5 Å². The second kappa shape index (κ2) is 52.2. The first-order chi connectivity index (χ1) is 37.0. The number of aliphatic hydroxyl groups is 1. The summed E-state index contributed by atoms with van der Waals surface area (Å²) in [6.07, 6.45) is 33.8. The molecule has 77 heavy (non-hydrogen) atoms. The predicted molar refractivity (Wildman–Crippen MR) is 303 cm³/mol. The number of esters is 4. The molecule has 0 saturated carbocycles. The first-order valence-corrected chi connectivity index (χ1v) is 33.6. The fraction of sp³-hybridized carbons (Fsp3) is 0.931. The molecule has 0 radical (unpaired) electrons. The van der Waals surface area contributed by atoms with E-state index in [4.69, 9.17) is 37.0 Å². The number of hydrogen-bond donors (Lipinski definition) is 3. The Morgan fingerprint density at radius 3 is 0.883 bits per heavy atom. The molecule has 3 N–H and O–H groups in total. The lowest BCUT2D eigenvalue weighted by Crippen LogP contribution is -2.30. The second-order valence-electron chi connectivity index (χ2n) is 21.5. The van der Waals surface area contributed by atoms with Gasteiger partial charge in [-0.15, -0.1) is 0 Å².